The molecule has 1 aromatic heterocycles. The summed E-state index contributed by atoms with van der Waals surface area (Å²) in [4.78, 5) is 21.9. The van der Waals surface area contributed by atoms with Crippen LogP contribution in [0, 0.1) is 5.82 Å². The molecule has 3 rings (SSSR count). The molecule has 1 aromatic carbocycles. The molecule has 6 heteroatoms. The van der Waals surface area contributed by atoms with Gasteiger partial charge in [0.05, 0.1) is 0 Å². The minimum atomic E-state index is -0.213. The molecular weight excluding hydrogens is 325 g/mol. The van der Waals surface area contributed by atoms with Crippen LogP contribution in [0.4, 0.5) is 4.39 Å². The number of nitrogens with zero attached hydrogens (tertiary/aromatic N) is 2. The lowest BCUT2D eigenvalue weighted by atomic mass is 9.97. The topological polar surface area (TPSA) is 49.0 Å². The van der Waals surface area contributed by atoms with Gasteiger partial charge in [-0.1, -0.05) is 12.1 Å². The minimum Gasteiger partial charge on any atom is -0.348 e. The number of aromatic nitrogens is 2. The number of amides is 1. The summed E-state index contributed by atoms with van der Waals surface area (Å²) >= 11 is 1.71. The van der Waals surface area contributed by atoms with Crippen LogP contribution in [0.1, 0.15) is 36.6 Å². The van der Waals surface area contributed by atoms with Gasteiger partial charge in [0.15, 0.2) is 0 Å². The number of rotatable bonds is 6. The molecule has 1 saturated heterocycles. The van der Waals surface area contributed by atoms with Crippen LogP contribution in [0.25, 0.3) is 0 Å². The fraction of sp³-hybridized carbons (Fsp3) is 0.444. The zero-order valence-corrected chi connectivity index (χ0v) is 14.4. The van der Waals surface area contributed by atoms with Crippen LogP contribution in [-0.4, -0.2) is 39.6 Å². The third-order valence-electron chi connectivity index (χ3n) is 4.32. The van der Waals surface area contributed by atoms with Gasteiger partial charge in [-0.05, 0) is 30.5 Å². The third-order valence-corrected chi connectivity index (χ3v) is 5.35. The Hall–Kier alpha value is -1.82. The van der Waals surface area contributed by atoms with E-state index in [2.05, 4.69) is 9.97 Å². The first-order valence-electron chi connectivity index (χ1n) is 8.31. The van der Waals surface area contributed by atoms with Crippen LogP contribution in [0.15, 0.2) is 36.7 Å². The van der Waals surface area contributed by atoms with Crippen molar-refractivity contribution < 1.29 is 9.18 Å². The number of benzene rings is 1. The smallest absolute Gasteiger partial charge is 0.223 e. The van der Waals surface area contributed by atoms with E-state index in [4.69, 9.17) is 0 Å². The summed E-state index contributed by atoms with van der Waals surface area (Å²) < 4.78 is 12.9. The molecular formula is C18H22FN3OS. The molecule has 1 N–H and O–H groups in total. The molecule has 1 aliphatic rings. The maximum Gasteiger partial charge on any atom is 0.223 e. The van der Waals surface area contributed by atoms with Crippen molar-refractivity contribution in [2.75, 3.05) is 18.8 Å². The number of aromatic amines is 1. The summed E-state index contributed by atoms with van der Waals surface area (Å²) in [6.07, 6.45) is 6.26. The standard InChI is InChI=1S/C18H22FN3OS/c19-16-5-3-14(4-6-16)13-24-11-7-17(23)22-10-1-2-15(12-22)18-20-8-9-21-18/h3-6,8-9,15H,1-2,7,10-13H2,(H,20,21). The summed E-state index contributed by atoms with van der Waals surface area (Å²) in [6, 6.07) is 6.54. The number of thioether (sulfide) groups is 1. The molecule has 1 atom stereocenters. The molecule has 1 amide bonds. The predicted molar refractivity (Wildman–Crippen MR) is 94.3 cm³/mol. The van der Waals surface area contributed by atoms with Crippen LogP contribution in [0.3, 0.4) is 0 Å². The van der Waals surface area contributed by atoms with Gasteiger partial charge in [0.1, 0.15) is 11.6 Å². The maximum absolute atomic E-state index is 12.9. The van der Waals surface area contributed by atoms with Gasteiger partial charge in [-0.2, -0.15) is 11.8 Å². The van der Waals surface area contributed by atoms with E-state index in [1.807, 2.05) is 11.1 Å². The van der Waals surface area contributed by atoms with Gasteiger partial charge in [-0.3, -0.25) is 4.79 Å². The Morgan fingerprint density at radius 3 is 2.96 bits per heavy atom. The number of carbonyl (C=O) groups excluding carboxylic acids is 1. The molecule has 128 valence electrons. The quantitative estimate of drug-likeness (QED) is 0.813. The first kappa shape index (κ1) is 17.0. The number of hydrogen-bond donors (Lipinski definition) is 1. The number of hydrogen-bond acceptors (Lipinski definition) is 3. The normalized spacial score (nSPS) is 17.9. The minimum absolute atomic E-state index is 0.213. The first-order chi connectivity index (χ1) is 11.7. The molecule has 4 nitrogen and oxygen atoms in total. The van der Waals surface area contributed by atoms with Crippen molar-refractivity contribution in [3.05, 3.63) is 53.9 Å². The van der Waals surface area contributed by atoms with Crippen LogP contribution >= 0.6 is 11.8 Å². The number of piperidine rings is 1. The first-order valence-corrected chi connectivity index (χ1v) is 9.47. The van der Waals surface area contributed by atoms with Crippen molar-refractivity contribution >= 4 is 17.7 Å². The average Bonchev–Trinajstić information content (AvgIpc) is 3.15. The highest BCUT2D eigenvalue weighted by Gasteiger charge is 2.25. The zero-order valence-electron chi connectivity index (χ0n) is 13.6. The molecule has 0 radical (unpaired) electrons. The molecule has 0 bridgehead atoms. The zero-order chi connectivity index (χ0) is 16.8. The van der Waals surface area contributed by atoms with Gasteiger partial charge in [-0.25, -0.2) is 9.37 Å². The molecule has 1 aliphatic heterocycles. The molecule has 1 fully saturated rings. The van der Waals surface area contributed by atoms with Gasteiger partial charge in [0.2, 0.25) is 5.91 Å². The van der Waals surface area contributed by atoms with Crippen molar-refractivity contribution in [2.45, 2.75) is 30.9 Å². The monoisotopic (exact) mass is 347 g/mol. The largest absolute Gasteiger partial charge is 0.348 e. The number of imidazole rings is 1. The summed E-state index contributed by atoms with van der Waals surface area (Å²) in [5.41, 5.74) is 1.09. The van der Waals surface area contributed by atoms with E-state index >= 15 is 0 Å². The van der Waals surface area contributed by atoms with E-state index in [1.165, 1.54) is 12.1 Å². The molecule has 1 unspecified atom stereocenters. The Bertz CT molecular complexity index is 645. The van der Waals surface area contributed by atoms with E-state index in [0.29, 0.717) is 12.3 Å². The van der Waals surface area contributed by atoms with Crippen LogP contribution in [0.2, 0.25) is 0 Å². The molecule has 2 heterocycles. The fourth-order valence-electron chi connectivity index (χ4n) is 3.02. The van der Waals surface area contributed by atoms with E-state index < -0.39 is 0 Å². The van der Waals surface area contributed by atoms with Gasteiger partial charge < -0.3 is 9.88 Å². The Balaban J connectivity index is 1.40. The Labute approximate surface area is 145 Å². The summed E-state index contributed by atoms with van der Waals surface area (Å²) in [5.74, 6) is 2.91. The lowest BCUT2D eigenvalue weighted by molar-refractivity contribution is -0.131. The van der Waals surface area contributed by atoms with Crippen molar-refractivity contribution in [1.29, 1.82) is 0 Å². The van der Waals surface area contributed by atoms with Gasteiger partial charge in [0, 0.05) is 49.3 Å². The summed E-state index contributed by atoms with van der Waals surface area (Å²) in [7, 11) is 0. The Morgan fingerprint density at radius 1 is 1.38 bits per heavy atom. The average molecular weight is 347 g/mol. The molecule has 2 aromatic rings. The highest BCUT2D eigenvalue weighted by Crippen LogP contribution is 2.25. The SMILES string of the molecule is O=C(CCSCc1ccc(F)cc1)N1CCCC(c2ncc[nH]2)C1. The van der Waals surface area contributed by atoms with Gasteiger partial charge in [0.25, 0.3) is 0 Å². The molecule has 0 aliphatic carbocycles. The Kier molecular flexibility index (Phi) is 5.91. The second-order valence-corrected chi connectivity index (χ2v) is 7.19. The van der Waals surface area contributed by atoms with Crippen molar-refractivity contribution in [1.82, 2.24) is 14.9 Å². The van der Waals surface area contributed by atoms with Gasteiger partial charge >= 0.3 is 0 Å². The van der Waals surface area contributed by atoms with Gasteiger partial charge in [-0.15, -0.1) is 0 Å². The second-order valence-electron chi connectivity index (χ2n) is 6.08. The second kappa shape index (κ2) is 8.33. The van der Waals surface area contributed by atoms with E-state index in [0.717, 1.165) is 48.8 Å². The summed E-state index contributed by atoms with van der Waals surface area (Å²) in [5, 5.41) is 0. The lowest BCUT2D eigenvalue weighted by Crippen LogP contribution is -2.39. The number of halogens is 1. The third kappa shape index (κ3) is 4.60. The van der Waals surface area contributed by atoms with Crippen molar-refractivity contribution in [3.8, 4) is 0 Å². The van der Waals surface area contributed by atoms with Crippen molar-refractivity contribution in [3.63, 3.8) is 0 Å². The highest BCUT2D eigenvalue weighted by atomic mass is 32.2. The Morgan fingerprint density at radius 2 is 2.21 bits per heavy atom. The van der Waals surface area contributed by atoms with E-state index in [1.54, 1.807) is 30.1 Å². The molecule has 0 saturated carbocycles. The number of carbonyl (C=O) groups is 1. The lowest BCUT2D eigenvalue weighted by Gasteiger charge is -2.32. The number of likely N-dealkylation sites (tertiary alicyclic amines) is 1. The molecule has 24 heavy (non-hydrogen) atoms. The number of H-pyrrole nitrogens is 1. The van der Waals surface area contributed by atoms with Crippen LogP contribution in [0.5, 0.6) is 0 Å². The van der Waals surface area contributed by atoms with Crippen molar-refractivity contribution in [2.24, 2.45) is 0 Å². The fourth-order valence-corrected chi connectivity index (χ4v) is 3.91. The van der Waals surface area contributed by atoms with Crippen LogP contribution in [-0.2, 0) is 10.5 Å². The van der Waals surface area contributed by atoms with E-state index in [-0.39, 0.29) is 11.7 Å². The predicted octanol–water partition coefficient (Wildman–Crippen LogP) is 3.58. The summed E-state index contributed by atoms with van der Waals surface area (Å²) in [6.45, 7) is 1.60. The maximum atomic E-state index is 12.9. The highest BCUT2D eigenvalue weighted by molar-refractivity contribution is 7.98. The number of nitrogens with one attached hydrogen (secondary N) is 1. The van der Waals surface area contributed by atoms with E-state index in [9.17, 15) is 9.18 Å². The molecule has 0 spiro atoms. The van der Waals surface area contributed by atoms with Crippen LogP contribution < -0.4 is 0 Å².